The van der Waals surface area contributed by atoms with E-state index in [4.69, 9.17) is 48.7 Å². The SMILES string of the molecule is CC(OC(=O)c1ccc(COc2ccccc2)o1)C(=O)Nc1c(Cl)cc(Cl)cc1Cl. The first-order valence-electron chi connectivity index (χ1n) is 8.76. The standard InChI is InChI=1S/C21H16Cl3NO5/c1-12(20(26)25-19-16(23)9-13(22)10-17(19)24)29-21(27)18-8-7-15(30-18)11-28-14-5-3-2-4-6-14/h2-10,12H,11H2,1H3,(H,25,26). The minimum atomic E-state index is -1.13. The summed E-state index contributed by atoms with van der Waals surface area (Å²) in [5.41, 5.74) is 0.175. The number of benzene rings is 2. The van der Waals surface area contributed by atoms with Gasteiger partial charge in [0.2, 0.25) is 5.76 Å². The largest absolute Gasteiger partial charge is 0.486 e. The Hall–Kier alpha value is -2.67. The fourth-order valence-corrected chi connectivity index (χ4v) is 3.31. The zero-order valence-corrected chi connectivity index (χ0v) is 17.9. The van der Waals surface area contributed by atoms with Gasteiger partial charge in [-0.15, -0.1) is 0 Å². The lowest BCUT2D eigenvalue weighted by Crippen LogP contribution is -2.30. The number of anilines is 1. The predicted molar refractivity (Wildman–Crippen MR) is 114 cm³/mol. The maximum absolute atomic E-state index is 12.3. The van der Waals surface area contributed by atoms with Crippen molar-refractivity contribution in [1.82, 2.24) is 0 Å². The summed E-state index contributed by atoms with van der Waals surface area (Å²) in [6, 6.07) is 15.1. The van der Waals surface area contributed by atoms with Crippen molar-refractivity contribution in [2.75, 3.05) is 5.32 Å². The first-order valence-corrected chi connectivity index (χ1v) is 9.90. The van der Waals surface area contributed by atoms with Gasteiger partial charge in [0.15, 0.2) is 6.10 Å². The fourth-order valence-electron chi connectivity index (χ4n) is 2.39. The van der Waals surface area contributed by atoms with Crippen molar-refractivity contribution < 1.29 is 23.5 Å². The average molecular weight is 469 g/mol. The van der Waals surface area contributed by atoms with Crippen LogP contribution in [0.25, 0.3) is 0 Å². The zero-order valence-electron chi connectivity index (χ0n) is 15.7. The van der Waals surface area contributed by atoms with Gasteiger partial charge >= 0.3 is 5.97 Å². The highest BCUT2D eigenvalue weighted by molar-refractivity contribution is 6.42. The monoisotopic (exact) mass is 467 g/mol. The van der Waals surface area contributed by atoms with Crippen LogP contribution in [-0.2, 0) is 16.1 Å². The molecule has 0 fully saturated rings. The molecule has 0 aliphatic carbocycles. The minimum absolute atomic E-state index is 0.0520. The third-order valence-corrected chi connectivity index (χ3v) is 4.71. The van der Waals surface area contributed by atoms with Crippen LogP contribution in [0.15, 0.2) is 59.0 Å². The number of halogens is 3. The molecule has 1 unspecified atom stereocenters. The number of hydrogen-bond donors (Lipinski definition) is 1. The van der Waals surface area contributed by atoms with E-state index in [0.717, 1.165) is 0 Å². The highest BCUT2D eigenvalue weighted by atomic mass is 35.5. The molecular weight excluding hydrogens is 453 g/mol. The van der Waals surface area contributed by atoms with E-state index in [2.05, 4.69) is 5.32 Å². The van der Waals surface area contributed by atoms with Gasteiger partial charge in [-0.3, -0.25) is 4.79 Å². The Morgan fingerprint density at radius 3 is 2.37 bits per heavy atom. The lowest BCUT2D eigenvalue weighted by molar-refractivity contribution is -0.123. The smallest absolute Gasteiger partial charge is 0.375 e. The topological polar surface area (TPSA) is 77.8 Å². The minimum Gasteiger partial charge on any atom is -0.486 e. The third-order valence-electron chi connectivity index (χ3n) is 3.90. The summed E-state index contributed by atoms with van der Waals surface area (Å²) in [5.74, 6) is -0.361. The molecule has 30 heavy (non-hydrogen) atoms. The lowest BCUT2D eigenvalue weighted by Gasteiger charge is -2.14. The van der Waals surface area contributed by atoms with E-state index in [1.54, 1.807) is 18.2 Å². The molecule has 0 radical (unpaired) electrons. The highest BCUT2D eigenvalue weighted by Crippen LogP contribution is 2.33. The molecule has 0 saturated carbocycles. The van der Waals surface area contributed by atoms with Crippen LogP contribution < -0.4 is 10.1 Å². The van der Waals surface area contributed by atoms with Gasteiger partial charge in [0.05, 0.1) is 15.7 Å². The second-order valence-electron chi connectivity index (χ2n) is 6.15. The summed E-state index contributed by atoms with van der Waals surface area (Å²) in [7, 11) is 0. The molecule has 1 N–H and O–H groups in total. The molecule has 1 aromatic heterocycles. The number of ether oxygens (including phenoxy) is 2. The maximum Gasteiger partial charge on any atom is 0.375 e. The Morgan fingerprint density at radius 2 is 1.70 bits per heavy atom. The van der Waals surface area contributed by atoms with Gasteiger partial charge in [0, 0.05) is 5.02 Å². The van der Waals surface area contributed by atoms with Crippen molar-refractivity contribution in [2.45, 2.75) is 19.6 Å². The summed E-state index contributed by atoms with van der Waals surface area (Å²) in [4.78, 5) is 24.6. The summed E-state index contributed by atoms with van der Waals surface area (Å²) in [6.45, 7) is 1.55. The Morgan fingerprint density at radius 1 is 1.03 bits per heavy atom. The average Bonchev–Trinajstić information content (AvgIpc) is 3.19. The van der Waals surface area contributed by atoms with Crippen LogP contribution in [0.3, 0.4) is 0 Å². The molecule has 6 nitrogen and oxygen atoms in total. The zero-order chi connectivity index (χ0) is 21.7. The number of furan rings is 1. The Kier molecular flexibility index (Phi) is 7.26. The molecule has 2 aromatic carbocycles. The Labute approximate surface area is 187 Å². The van der Waals surface area contributed by atoms with Crippen LogP contribution in [0.4, 0.5) is 5.69 Å². The van der Waals surface area contributed by atoms with E-state index in [1.807, 2.05) is 18.2 Å². The summed E-state index contributed by atoms with van der Waals surface area (Å²) in [6.07, 6.45) is -1.13. The number of carbonyl (C=O) groups excluding carboxylic acids is 2. The molecule has 0 spiro atoms. The third kappa shape index (κ3) is 5.69. The van der Waals surface area contributed by atoms with Crippen LogP contribution in [-0.4, -0.2) is 18.0 Å². The van der Waals surface area contributed by atoms with Crippen molar-refractivity contribution >= 4 is 52.4 Å². The molecule has 1 heterocycles. The van der Waals surface area contributed by atoms with Gasteiger partial charge in [-0.1, -0.05) is 53.0 Å². The summed E-state index contributed by atoms with van der Waals surface area (Å²) in [5, 5.41) is 3.16. The van der Waals surface area contributed by atoms with E-state index in [0.29, 0.717) is 16.5 Å². The molecular formula is C21H16Cl3NO5. The molecule has 0 bridgehead atoms. The van der Waals surface area contributed by atoms with E-state index >= 15 is 0 Å². The van der Waals surface area contributed by atoms with Crippen LogP contribution in [0.5, 0.6) is 5.75 Å². The molecule has 0 saturated heterocycles. The van der Waals surface area contributed by atoms with Crippen LogP contribution >= 0.6 is 34.8 Å². The van der Waals surface area contributed by atoms with Gasteiger partial charge in [-0.2, -0.15) is 0 Å². The number of nitrogens with one attached hydrogen (secondary N) is 1. The van der Waals surface area contributed by atoms with Crippen LogP contribution in [0, 0.1) is 0 Å². The van der Waals surface area contributed by atoms with Crippen LogP contribution in [0.1, 0.15) is 23.2 Å². The second kappa shape index (κ2) is 9.89. The normalized spacial score (nSPS) is 11.6. The van der Waals surface area contributed by atoms with Gasteiger partial charge in [-0.05, 0) is 43.3 Å². The molecule has 0 aliphatic heterocycles. The fraction of sp³-hybridized carbons (Fsp3) is 0.143. The van der Waals surface area contributed by atoms with E-state index in [9.17, 15) is 9.59 Å². The van der Waals surface area contributed by atoms with Crippen LogP contribution in [0.2, 0.25) is 15.1 Å². The molecule has 1 amide bonds. The van der Waals surface area contributed by atoms with Crippen molar-refractivity contribution in [1.29, 1.82) is 0 Å². The van der Waals surface area contributed by atoms with E-state index in [1.165, 1.54) is 25.1 Å². The van der Waals surface area contributed by atoms with E-state index in [-0.39, 0.29) is 28.1 Å². The van der Waals surface area contributed by atoms with Gasteiger partial charge in [0.25, 0.3) is 5.91 Å². The van der Waals surface area contributed by atoms with Crippen molar-refractivity contribution in [3.05, 3.63) is 81.2 Å². The molecule has 0 aliphatic rings. The van der Waals surface area contributed by atoms with Crippen molar-refractivity contribution in [2.24, 2.45) is 0 Å². The van der Waals surface area contributed by atoms with E-state index < -0.39 is 18.0 Å². The molecule has 3 aromatic rings. The predicted octanol–water partition coefficient (Wildman–Crippen LogP) is 6.00. The Bertz CT molecular complexity index is 1030. The molecule has 156 valence electrons. The summed E-state index contributed by atoms with van der Waals surface area (Å²) >= 11 is 17.9. The number of esters is 1. The lowest BCUT2D eigenvalue weighted by atomic mass is 10.3. The first kappa shape index (κ1) is 22.0. The number of para-hydroxylation sites is 1. The molecule has 9 heteroatoms. The van der Waals surface area contributed by atoms with Gasteiger partial charge in [0.1, 0.15) is 18.1 Å². The van der Waals surface area contributed by atoms with Crippen molar-refractivity contribution in [3.8, 4) is 5.75 Å². The summed E-state index contributed by atoms with van der Waals surface area (Å²) < 4.78 is 16.1. The number of rotatable bonds is 7. The quantitative estimate of drug-likeness (QED) is 0.430. The highest BCUT2D eigenvalue weighted by Gasteiger charge is 2.23. The van der Waals surface area contributed by atoms with Crippen molar-refractivity contribution in [3.63, 3.8) is 0 Å². The molecule has 1 atom stereocenters. The molecule has 3 rings (SSSR count). The second-order valence-corrected chi connectivity index (χ2v) is 7.40. The number of carbonyl (C=O) groups is 2. The first-order chi connectivity index (χ1) is 14.3. The maximum atomic E-state index is 12.3. The number of amides is 1. The van der Waals surface area contributed by atoms with Gasteiger partial charge in [-0.25, -0.2) is 4.79 Å². The Balaban J connectivity index is 1.56. The number of hydrogen-bond acceptors (Lipinski definition) is 5. The van der Waals surface area contributed by atoms with Gasteiger partial charge < -0.3 is 19.2 Å².